The van der Waals surface area contributed by atoms with Crippen LogP contribution in [0.5, 0.6) is 0 Å². The Morgan fingerprint density at radius 2 is 0.631 bits per heavy atom. The van der Waals surface area contributed by atoms with Crippen molar-refractivity contribution in [2.75, 3.05) is 4.90 Å². The van der Waals surface area contributed by atoms with Crippen LogP contribution in [0.1, 0.15) is 5.48 Å². The molecule has 0 saturated carbocycles. The Bertz CT molecular complexity index is 3570. The highest BCUT2D eigenvalue weighted by Gasteiger charge is 2.16. The van der Waals surface area contributed by atoms with Gasteiger partial charge in [-0.1, -0.05) is 224 Å². The molecule has 0 fully saturated rings. The SMILES string of the molecule is [2H]c1c([2H])c(N(c2ccc(-c3ccc(-c4ccccc4)cc3)cc2)c2ccc(-c3cccc4ccc(-c5ccccc5)cc34)cc2)c([2H])c([2H])c1-c1ccc(-c2ccccc2)c(-c2ccccc2)c1. The van der Waals surface area contributed by atoms with Crippen molar-refractivity contribution in [3.05, 3.63) is 273 Å². The molecule has 0 heterocycles. The van der Waals surface area contributed by atoms with Gasteiger partial charge in [-0.15, -0.1) is 0 Å². The summed E-state index contributed by atoms with van der Waals surface area (Å²) in [5.41, 5.74) is 15.2. The van der Waals surface area contributed by atoms with Crippen LogP contribution in [0.3, 0.4) is 0 Å². The van der Waals surface area contributed by atoms with Gasteiger partial charge in [-0.25, -0.2) is 0 Å². The molecule has 11 rings (SSSR count). The van der Waals surface area contributed by atoms with E-state index in [2.05, 4.69) is 146 Å². The lowest BCUT2D eigenvalue weighted by Crippen LogP contribution is -2.09. The summed E-state index contributed by atoms with van der Waals surface area (Å²) in [7, 11) is 0. The minimum atomic E-state index is -0.133. The van der Waals surface area contributed by atoms with Gasteiger partial charge in [-0.2, -0.15) is 0 Å². The van der Waals surface area contributed by atoms with Crippen molar-refractivity contribution in [1.29, 1.82) is 0 Å². The largest absolute Gasteiger partial charge is 0.311 e. The van der Waals surface area contributed by atoms with E-state index in [0.29, 0.717) is 16.9 Å². The number of hydrogen-bond acceptors (Lipinski definition) is 1. The molecule has 0 saturated heterocycles. The third-order valence-electron chi connectivity index (χ3n) is 12.2. The normalized spacial score (nSPS) is 11.9. The molecule has 11 aromatic rings. The van der Waals surface area contributed by atoms with Crippen LogP contribution in [0, 0.1) is 0 Å². The van der Waals surface area contributed by atoms with E-state index in [9.17, 15) is 5.48 Å². The predicted octanol–water partition coefficient (Wildman–Crippen LogP) is 18.0. The van der Waals surface area contributed by atoms with Crippen LogP contribution in [-0.4, -0.2) is 0 Å². The van der Waals surface area contributed by atoms with Gasteiger partial charge in [-0.05, 0) is 137 Å². The maximum absolute atomic E-state index is 9.74. The summed E-state index contributed by atoms with van der Waals surface area (Å²) in [6.07, 6.45) is 0. The Kier molecular flexibility index (Phi) is 9.52. The Labute approximate surface area is 387 Å². The third-order valence-corrected chi connectivity index (χ3v) is 12.2. The molecule has 0 amide bonds. The monoisotopic (exact) mass is 831 g/mol. The first kappa shape index (κ1) is 35.0. The van der Waals surface area contributed by atoms with E-state index in [0.717, 1.165) is 77.5 Å². The minimum Gasteiger partial charge on any atom is -0.311 e. The van der Waals surface area contributed by atoms with Crippen LogP contribution in [0.25, 0.3) is 88.7 Å². The smallest absolute Gasteiger partial charge is 0.0645 e. The molecule has 0 unspecified atom stereocenters. The fourth-order valence-electron chi connectivity index (χ4n) is 8.81. The molecule has 0 bridgehead atoms. The molecule has 0 aromatic heterocycles. The molecule has 0 radical (unpaired) electrons. The van der Waals surface area contributed by atoms with E-state index >= 15 is 0 Å². The van der Waals surface area contributed by atoms with Gasteiger partial charge in [0.25, 0.3) is 0 Å². The van der Waals surface area contributed by atoms with E-state index in [4.69, 9.17) is 0 Å². The number of nitrogens with zero attached hydrogens (tertiary/aromatic N) is 1. The zero-order valence-corrected chi connectivity index (χ0v) is 35.6. The lowest BCUT2D eigenvalue weighted by Gasteiger charge is -2.26. The molecule has 0 aliphatic heterocycles. The molecule has 0 aliphatic rings. The van der Waals surface area contributed by atoms with Gasteiger partial charge in [-0.3, -0.25) is 0 Å². The highest BCUT2D eigenvalue weighted by molar-refractivity contribution is 5.99. The maximum Gasteiger partial charge on any atom is 0.0645 e. The van der Waals surface area contributed by atoms with Crippen molar-refractivity contribution in [1.82, 2.24) is 0 Å². The first-order chi connectivity index (χ1) is 33.9. The summed E-state index contributed by atoms with van der Waals surface area (Å²) in [5.74, 6) is 0. The van der Waals surface area contributed by atoms with Gasteiger partial charge in [0.05, 0.1) is 5.48 Å². The highest BCUT2D eigenvalue weighted by atomic mass is 15.1. The Hall–Kier alpha value is -8.52. The first-order valence-electron chi connectivity index (χ1n) is 24.0. The Morgan fingerprint density at radius 3 is 1.18 bits per heavy atom. The van der Waals surface area contributed by atoms with Crippen molar-refractivity contribution in [2.24, 2.45) is 0 Å². The molecule has 0 N–H and O–H groups in total. The molecule has 11 aromatic carbocycles. The van der Waals surface area contributed by atoms with Crippen molar-refractivity contribution in [2.45, 2.75) is 0 Å². The molecule has 65 heavy (non-hydrogen) atoms. The van der Waals surface area contributed by atoms with Gasteiger partial charge in [0.1, 0.15) is 0 Å². The first-order valence-corrected chi connectivity index (χ1v) is 22.0. The van der Waals surface area contributed by atoms with Crippen molar-refractivity contribution in [3.8, 4) is 77.9 Å². The van der Waals surface area contributed by atoms with E-state index in [1.807, 2.05) is 108 Å². The average Bonchev–Trinajstić information content (AvgIpc) is 3.42. The fraction of sp³-hybridized carbons (Fsp3) is 0. The Balaban J connectivity index is 1.02. The van der Waals surface area contributed by atoms with Crippen molar-refractivity contribution in [3.63, 3.8) is 0 Å². The summed E-state index contributed by atoms with van der Waals surface area (Å²) in [5, 5.41) is 2.28. The lowest BCUT2D eigenvalue weighted by molar-refractivity contribution is 1.28. The van der Waals surface area contributed by atoms with Crippen LogP contribution in [-0.2, 0) is 0 Å². The van der Waals surface area contributed by atoms with Gasteiger partial charge >= 0.3 is 0 Å². The second-order valence-corrected chi connectivity index (χ2v) is 16.2. The second-order valence-electron chi connectivity index (χ2n) is 16.2. The zero-order valence-electron chi connectivity index (χ0n) is 39.6. The van der Waals surface area contributed by atoms with Crippen LogP contribution < -0.4 is 4.90 Å². The molecule has 0 spiro atoms. The standard InChI is InChI=1S/C64H45N/c1-5-14-46(15-6-1)48-24-26-49(27-25-48)50-30-37-58(38-31-50)65(60-41-34-55(35-42-60)61-23-13-22-54-28-29-56(44-64(54)61)47-16-7-2-8-17-47)59-39-32-51(33-40-59)57-36-43-62(52-18-9-3-10-19-52)63(45-57)53-20-11-4-12-21-53/h1-45H/i32D,33D,39D,40D. The summed E-state index contributed by atoms with van der Waals surface area (Å²) in [4.78, 5) is 1.86. The van der Waals surface area contributed by atoms with E-state index in [1.54, 1.807) is 0 Å². The summed E-state index contributed by atoms with van der Waals surface area (Å²) in [6.45, 7) is 0. The van der Waals surface area contributed by atoms with Gasteiger partial charge in [0.15, 0.2) is 0 Å². The molecule has 1 heteroatoms. The third kappa shape index (κ3) is 8.16. The molecular formula is C64H45N. The minimum absolute atomic E-state index is 0.112. The Morgan fingerprint density at radius 1 is 0.231 bits per heavy atom. The zero-order chi connectivity index (χ0) is 46.8. The summed E-state index contributed by atoms with van der Waals surface area (Å²) >= 11 is 0. The number of rotatable bonds is 10. The molecule has 1 nitrogen and oxygen atoms in total. The van der Waals surface area contributed by atoms with Crippen LogP contribution in [0.4, 0.5) is 17.1 Å². The van der Waals surface area contributed by atoms with Gasteiger partial charge in [0, 0.05) is 17.1 Å². The average molecular weight is 832 g/mol. The van der Waals surface area contributed by atoms with Gasteiger partial charge in [0.2, 0.25) is 0 Å². The van der Waals surface area contributed by atoms with Crippen LogP contribution in [0.15, 0.2) is 273 Å². The number of hydrogen-bond donors (Lipinski definition) is 0. The molecule has 0 aliphatic carbocycles. The topological polar surface area (TPSA) is 3.24 Å². The van der Waals surface area contributed by atoms with E-state index < -0.39 is 0 Å². The van der Waals surface area contributed by atoms with Crippen LogP contribution in [0.2, 0.25) is 0 Å². The number of fused-ring (bicyclic) bond motifs is 1. The van der Waals surface area contributed by atoms with Gasteiger partial charge < -0.3 is 4.90 Å². The van der Waals surface area contributed by atoms with E-state index in [-0.39, 0.29) is 35.4 Å². The van der Waals surface area contributed by atoms with Crippen molar-refractivity contribution >= 4 is 27.8 Å². The number of anilines is 3. The molecule has 306 valence electrons. The van der Waals surface area contributed by atoms with Crippen molar-refractivity contribution < 1.29 is 5.48 Å². The van der Waals surface area contributed by atoms with E-state index in [1.165, 1.54) is 0 Å². The maximum atomic E-state index is 9.74. The lowest BCUT2D eigenvalue weighted by atomic mass is 9.91. The summed E-state index contributed by atoms with van der Waals surface area (Å²) < 4.78 is 38.7. The quantitative estimate of drug-likeness (QED) is 0.133. The van der Waals surface area contributed by atoms with Crippen LogP contribution >= 0.6 is 0 Å². The predicted molar refractivity (Wildman–Crippen MR) is 277 cm³/mol. The second kappa shape index (κ2) is 17.7. The fourth-order valence-corrected chi connectivity index (χ4v) is 8.81. The molecular weight excluding hydrogens is 783 g/mol. The highest BCUT2D eigenvalue weighted by Crippen LogP contribution is 2.41. The number of benzene rings is 11. The summed E-state index contributed by atoms with van der Waals surface area (Å²) in [6, 6.07) is 84.2. The molecule has 0 atom stereocenters.